The summed E-state index contributed by atoms with van der Waals surface area (Å²) in [6.07, 6.45) is 0. The fourth-order valence-corrected chi connectivity index (χ4v) is 2.86. The molecule has 2 amide bonds. The molecule has 24 heavy (non-hydrogen) atoms. The van der Waals surface area contributed by atoms with Gasteiger partial charge in [0.1, 0.15) is 0 Å². The van der Waals surface area contributed by atoms with Crippen molar-refractivity contribution in [1.29, 1.82) is 0 Å². The zero-order valence-electron chi connectivity index (χ0n) is 14.2. The van der Waals surface area contributed by atoms with E-state index >= 15 is 0 Å². The third kappa shape index (κ3) is 5.10. The van der Waals surface area contributed by atoms with Crippen molar-refractivity contribution in [2.75, 3.05) is 38.0 Å². The molecule has 1 aromatic rings. The quantitative estimate of drug-likeness (QED) is 0.887. The average molecular weight is 372 g/mol. The van der Waals surface area contributed by atoms with E-state index in [0.717, 1.165) is 0 Å². The molecule has 0 unspecified atom stereocenters. The predicted molar refractivity (Wildman–Crippen MR) is 97.6 cm³/mol. The van der Waals surface area contributed by atoms with Crippen LogP contribution in [0.4, 0.5) is 5.69 Å². The lowest BCUT2D eigenvalue weighted by molar-refractivity contribution is -0.141. The minimum absolute atomic E-state index is 0.107. The first-order valence-corrected chi connectivity index (χ1v) is 8.69. The Labute approximate surface area is 152 Å². The van der Waals surface area contributed by atoms with Gasteiger partial charge in [0, 0.05) is 37.3 Å². The molecule has 7 heteroatoms. The van der Waals surface area contributed by atoms with Gasteiger partial charge in [0.05, 0.1) is 16.6 Å². The molecule has 132 valence electrons. The van der Waals surface area contributed by atoms with E-state index in [2.05, 4.69) is 5.32 Å². The van der Waals surface area contributed by atoms with Gasteiger partial charge in [0.25, 0.3) is 0 Å². The molecule has 1 saturated heterocycles. The van der Waals surface area contributed by atoms with Crippen LogP contribution >= 0.6 is 23.2 Å². The zero-order valence-corrected chi connectivity index (χ0v) is 15.7. The number of halogens is 2. The number of amides is 2. The highest BCUT2D eigenvalue weighted by Crippen LogP contribution is 2.25. The van der Waals surface area contributed by atoms with E-state index in [9.17, 15) is 9.59 Å². The molecule has 0 aliphatic carbocycles. The number of carbonyl (C=O) groups excluding carboxylic acids is 2. The summed E-state index contributed by atoms with van der Waals surface area (Å²) >= 11 is 11.8. The Hall–Kier alpha value is -1.30. The normalized spacial score (nSPS) is 16.1. The summed E-state index contributed by atoms with van der Waals surface area (Å²) in [6.45, 7) is 8.74. The highest BCUT2D eigenvalue weighted by molar-refractivity contribution is 6.42. The molecule has 5 nitrogen and oxygen atoms in total. The van der Waals surface area contributed by atoms with Gasteiger partial charge in [0.15, 0.2) is 0 Å². The Balaban J connectivity index is 1.82. The maximum atomic E-state index is 12.3. The molecule has 1 aromatic carbocycles. The molecule has 0 radical (unpaired) electrons. The smallest absolute Gasteiger partial charge is 0.238 e. The van der Waals surface area contributed by atoms with E-state index in [1.165, 1.54) is 0 Å². The molecule has 0 spiro atoms. The highest BCUT2D eigenvalue weighted by atomic mass is 35.5. The second-order valence-electron chi connectivity index (χ2n) is 7.00. The standard InChI is InChI=1S/C17H23Cl2N3O2/c1-17(2,3)16(24)22-8-6-21(7-9-22)11-15(23)20-12-4-5-13(18)14(19)10-12/h4-5,10H,6-9,11H2,1-3H3,(H,20,23). The van der Waals surface area contributed by atoms with Crippen molar-refractivity contribution in [3.05, 3.63) is 28.2 Å². The minimum Gasteiger partial charge on any atom is -0.340 e. The van der Waals surface area contributed by atoms with Crippen LogP contribution in [-0.4, -0.2) is 54.3 Å². The van der Waals surface area contributed by atoms with Gasteiger partial charge >= 0.3 is 0 Å². The molecule has 0 aromatic heterocycles. The Morgan fingerprint density at radius 3 is 2.25 bits per heavy atom. The van der Waals surface area contributed by atoms with Crippen molar-refractivity contribution >= 4 is 40.7 Å². The van der Waals surface area contributed by atoms with E-state index in [0.29, 0.717) is 41.9 Å². The second kappa shape index (κ2) is 7.72. The first-order chi connectivity index (χ1) is 11.2. The van der Waals surface area contributed by atoms with Gasteiger partial charge in [-0.1, -0.05) is 44.0 Å². The molecule has 2 rings (SSSR count). The average Bonchev–Trinajstić information content (AvgIpc) is 2.50. The summed E-state index contributed by atoms with van der Waals surface area (Å²) in [5.41, 5.74) is 0.254. The number of carbonyl (C=O) groups is 2. The van der Waals surface area contributed by atoms with Crippen LogP contribution in [0, 0.1) is 5.41 Å². The Morgan fingerprint density at radius 1 is 1.08 bits per heavy atom. The summed E-state index contributed by atoms with van der Waals surface area (Å²) in [5, 5.41) is 3.67. The first kappa shape index (κ1) is 19.0. The predicted octanol–water partition coefficient (Wildman–Crippen LogP) is 3.12. The maximum Gasteiger partial charge on any atom is 0.238 e. The molecule has 1 heterocycles. The van der Waals surface area contributed by atoms with Crippen LogP contribution in [-0.2, 0) is 9.59 Å². The van der Waals surface area contributed by atoms with Gasteiger partial charge in [-0.25, -0.2) is 0 Å². The van der Waals surface area contributed by atoms with Gasteiger partial charge in [-0.2, -0.15) is 0 Å². The van der Waals surface area contributed by atoms with Crippen LogP contribution in [0.2, 0.25) is 10.0 Å². The van der Waals surface area contributed by atoms with Gasteiger partial charge in [-0.05, 0) is 18.2 Å². The number of nitrogens with zero attached hydrogens (tertiary/aromatic N) is 2. The summed E-state index contributed by atoms with van der Waals surface area (Å²) in [5.74, 6) is 0.0476. The van der Waals surface area contributed by atoms with Crippen LogP contribution in [0.3, 0.4) is 0 Å². The second-order valence-corrected chi connectivity index (χ2v) is 7.81. The van der Waals surface area contributed by atoms with Crippen molar-refractivity contribution < 1.29 is 9.59 Å². The Bertz CT molecular complexity index is 621. The SMILES string of the molecule is CC(C)(C)C(=O)N1CCN(CC(=O)Nc2ccc(Cl)c(Cl)c2)CC1. The minimum atomic E-state index is -0.368. The van der Waals surface area contributed by atoms with Crippen molar-refractivity contribution in [2.45, 2.75) is 20.8 Å². The van der Waals surface area contributed by atoms with Gasteiger partial charge in [-0.15, -0.1) is 0 Å². The number of piperazine rings is 1. The van der Waals surface area contributed by atoms with Crippen LogP contribution in [0.5, 0.6) is 0 Å². The van der Waals surface area contributed by atoms with E-state index in [4.69, 9.17) is 23.2 Å². The van der Waals surface area contributed by atoms with E-state index in [1.807, 2.05) is 30.6 Å². The van der Waals surface area contributed by atoms with Crippen molar-refractivity contribution in [3.63, 3.8) is 0 Å². The van der Waals surface area contributed by atoms with E-state index < -0.39 is 0 Å². The number of nitrogens with one attached hydrogen (secondary N) is 1. The largest absolute Gasteiger partial charge is 0.340 e. The zero-order chi connectivity index (χ0) is 17.9. The van der Waals surface area contributed by atoms with Crippen LogP contribution < -0.4 is 5.32 Å². The van der Waals surface area contributed by atoms with Crippen molar-refractivity contribution in [2.24, 2.45) is 5.41 Å². The fourth-order valence-electron chi connectivity index (χ4n) is 2.56. The Kier molecular flexibility index (Phi) is 6.12. The maximum absolute atomic E-state index is 12.3. The first-order valence-electron chi connectivity index (χ1n) is 7.93. The van der Waals surface area contributed by atoms with Crippen molar-refractivity contribution in [3.8, 4) is 0 Å². The molecule has 0 atom stereocenters. The number of hydrogen-bond donors (Lipinski definition) is 1. The summed E-state index contributed by atoms with van der Waals surface area (Å²) in [7, 11) is 0. The topological polar surface area (TPSA) is 52.7 Å². The van der Waals surface area contributed by atoms with Crippen molar-refractivity contribution in [1.82, 2.24) is 9.80 Å². The molecule has 1 aliphatic rings. The number of benzene rings is 1. The van der Waals surface area contributed by atoms with Gasteiger partial charge in [0.2, 0.25) is 11.8 Å². The lowest BCUT2D eigenvalue weighted by atomic mass is 9.94. The van der Waals surface area contributed by atoms with Gasteiger partial charge < -0.3 is 10.2 Å². The molecule has 1 fully saturated rings. The fraction of sp³-hybridized carbons (Fsp3) is 0.529. The summed E-state index contributed by atoms with van der Waals surface area (Å²) in [4.78, 5) is 28.3. The van der Waals surface area contributed by atoms with Crippen LogP contribution in [0.25, 0.3) is 0 Å². The van der Waals surface area contributed by atoms with Crippen LogP contribution in [0.1, 0.15) is 20.8 Å². The van der Waals surface area contributed by atoms with E-state index in [-0.39, 0.29) is 23.8 Å². The number of rotatable bonds is 3. The third-order valence-corrected chi connectivity index (χ3v) is 4.61. The molecular formula is C17H23Cl2N3O2. The van der Waals surface area contributed by atoms with Crippen LogP contribution in [0.15, 0.2) is 18.2 Å². The number of hydrogen-bond acceptors (Lipinski definition) is 3. The highest BCUT2D eigenvalue weighted by Gasteiger charge is 2.29. The molecule has 1 aliphatic heterocycles. The lowest BCUT2D eigenvalue weighted by Crippen LogP contribution is -2.52. The lowest BCUT2D eigenvalue weighted by Gasteiger charge is -2.37. The monoisotopic (exact) mass is 371 g/mol. The molecular weight excluding hydrogens is 349 g/mol. The third-order valence-electron chi connectivity index (χ3n) is 3.87. The number of anilines is 1. The summed E-state index contributed by atoms with van der Waals surface area (Å²) < 4.78 is 0. The Morgan fingerprint density at radius 2 is 1.71 bits per heavy atom. The molecule has 1 N–H and O–H groups in total. The van der Waals surface area contributed by atoms with E-state index in [1.54, 1.807) is 18.2 Å². The molecule has 0 bridgehead atoms. The molecule has 0 saturated carbocycles. The van der Waals surface area contributed by atoms with Gasteiger partial charge in [-0.3, -0.25) is 14.5 Å². The summed E-state index contributed by atoms with van der Waals surface area (Å²) in [6, 6.07) is 4.99.